The van der Waals surface area contributed by atoms with Gasteiger partial charge in [0.15, 0.2) is 0 Å². The molecule has 0 spiro atoms. The lowest BCUT2D eigenvalue weighted by Crippen LogP contribution is -2.43. The number of piperidine rings is 1. The van der Waals surface area contributed by atoms with Gasteiger partial charge in [-0.25, -0.2) is 8.78 Å². The van der Waals surface area contributed by atoms with E-state index in [2.05, 4.69) is 5.32 Å². The van der Waals surface area contributed by atoms with Gasteiger partial charge in [-0.1, -0.05) is 0 Å². The van der Waals surface area contributed by atoms with Crippen LogP contribution in [0.4, 0.5) is 8.78 Å². The number of carbonyl (C=O) groups excluding carboxylic acids is 1. The van der Waals surface area contributed by atoms with E-state index in [4.69, 9.17) is 5.73 Å². The molecule has 1 unspecified atom stereocenters. The van der Waals surface area contributed by atoms with E-state index in [0.717, 1.165) is 31.5 Å². The first-order valence-electron chi connectivity index (χ1n) is 7.24. The van der Waals surface area contributed by atoms with E-state index in [1.54, 1.807) is 0 Å². The molecule has 1 aromatic rings. The summed E-state index contributed by atoms with van der Waals surface area (Å²) in [5, 5.41) is 2.78. The second kappa shape index (κ2) is 9.02. The Morgan fingerprint density at radius 2 is 2.18 bits per heavy atom. The number of benzene rings is 1. The normalized spacial score (nSPS) is 18.6. The zero-order valence-electron chi connectivity index (χ0n) is 12.4. The molecule has 7 heteroatoms. The van der Waals surface area contributed by atoms with Gasteiger partial charge < -0.3 is 11.1 Å². The number of amides is 1. The SMILES string of the molecule is Cl.NCCNC(=O)C1CCCN(Cc2cc(F)ccc2F)C1. The Bertz CT molecular complexity index is 502. The summed E-state index contributed by atoms with van der Waals surface area (Å²) in [7, 11) is 0. The Hall–Kier alpha value is -1.24. The lowest BCUT2D eigenvalue weighted by Gasteiger charge is -2.32. The summed E-state index contributed by atoms with van der Waals surface area (Å²) in [6, 6.07) is 3.46. The molecule has 3 N–H and O–H groups in total. The highest BCUT2D eigenvalue weighted by Gasteiger charge is 2.25. The lowest BCUT2D eigenvalue weighted by atomic mass is 9.96. The molecule has 1 amide bonds. The van der Waals surface area contributed by atoms with Crippen molar-refractivity contribution in [3.63, 3.8) is 0 Å². The van der Waals surface area contributed by atoms with Gasteiger partial charge in [-0.05, 0) is 37.6 Å². The molecule has 0 bridgehead atoms. The molecule has 1 heterocycles. The number of nitrogens with zero attached hydrogens (tertiary/aromatic N) is 1. The van der Waals surface area contributed by atoms with Gasteiger partial charge in [0.05, 0.1) is 5.92 Å². The third-order valence-corrected chi connectivity index (χ3v) is 3.72. The molecule has 0 saturated carbocycles. The van der Waals surface area contributed by atoms with Crippen LogP contribution < -0.4 is 11.1 Å². The molecule has 22 heavy (non-hydrogen) atoms. The van der Waals surface area contributed by atoms with Crippen LogP contribution in [0.25, 0.3) is 0 Å². The van der Waals surface area contributed by atoms with Crippen molar-refractivity contribution in [2.24, 2.45) is 11.7 Å². The predicted octanol–water partition coefficient (Wildman–Crippen LogP) is 1.67. The van der Waals surface area contributed by atoms with E-state index in [-0.39, 0.29) is 24.2 Å². The predicted molar refractivity (Wildman–Crippen MR) is 83.7 cm³/mol. The number of hydrogen-bond acceptors (Lipinski definition) is 3. The largest absolute Gasteiger partial charge is 0.355 e. The second-order valence-corrected chi connectivity index (χ2v) is 5.39. The molecular formula is C15H22ClF2N3O. The molecule has 1 aliphatic heterocycles. The second-order valence-electron chi connectivity index (χ2n) is 5.39. The minimum atomic E-state index is -0.444. The molecular weight excluding hydrogens is 312 g/mol. The molecule has 1 aromatic carbocycles. The standard InChI is InChI=1S/C15H21F2N3O.ClH/c16-13-3-4-14(17)12(8-13)10-20-7-1-2-11(9-20)15(21)19-6-5-18;/h3-4,8,11H,1-2,5-7,9-10,18H2,(H,19,21);1H. The van der Waals surface area contributed by atoms with Gasteiger partial charge in [0.2, 0.25) is 5.91 Å². The van der Waals surface area contributed by atoms with Crippen molar-refractivity contribution in [1.29, 1.82) is 0 Å². The van der Waals surface area contributed by atoms with Crippen LogP contribution in [0.15, 0.2) is 18.2 Å². The average molecular weight is 334 g/mol. The van der Waals surface area contributed by atoms with Gasteiger partial charge in [0.1, 0.15) is 11.6 Å². The van der Waals surface area contributed by atoms with Crippen LogP contribution in [0.3, 0.4) is 0 Å². The smallest absolute Gasteiger partial charge is 0.224 e. The minimum Gasteiger partial charge on any atom is -0.355 e. The number of nitrogens with one attached hydrogen (secondary N) is 1. The number of nitrogens with two attached hydrogens (primary N) is 1. The van der Waals surface area contributed by atoms with E-state index in [0.29, 0.717) is 31.7 Å². The van der Waals surface area contributed by atoms with Crippen LogP contribution in [0.5, 0.6) is 0 Å². The zero-order chi connectivity index (χ0) is 15.2. The van der Waals surface area contributed by atoms with Crippen molar-refractivity contribution in [2.75, 3.05) is 26.2 Å². The fourth-order valence-corrected chi connectivity index (χ4v) is 2.66. The molecule has 0 aromatic heterocycles. The van der Waals surface area contributed by atoms with Gasteiger partial charge >= 0.3 is 0 Å². The molecule has 1 aliphatic rings. The number of carbonyl (C=O) groups is 1. The van der Waals surface area contributed by atoms with Crippen LogP contribution in [0.2, 0.25) is 0 Å². The molecule has 0 radical (unpaired) electrons. The highest BCUT2D eigenvalue weighted by atomic mass is 35.5. The van der Waals surface area contributed by atoms with Crippen LogP contribution in [-0.2, 0) is 11.3 Å². The molecule has 4 nitrogen and oxygen atoms in total. The third kappa shape index (κ3) is 5.19. The van der Waals surface area contributed by atoms with Crippen molar-refractivity contribution >= 4 is 18.3 Å². The Labute approximate surface area is 135 Å². The van der Waals surface area contributed by atoms with Crippen molar-refractivity contribution in [3.8, 4) is 0 Å². The van der Waals surface area contributed by atoms with Gasteiger partial charge in [0.25, 0.3) is 0 Å². The Balaban J connectivity index is 0.00000242. The van der Waals surface area contributed by atoms with E-state index < -0.39 is 11.6 Å². The molecule has 1 saturated heterocycles. The monoisotopic (exact) mass is 333 g/mol. The van der Waals surface area contributed by atoms with Gasteiger partial charge in [-0.15, -0.1) is 12.4 Å². The summed E-state index contributed by atoms with van der Waals surface area (Å²) in [5.41, 5.74) is 5.70. The molecule has 0 aliphatic carbocycles. The minimum absolute atomic E-state index is 0. The summed E-state index contributed by atoms with van der Waals surface area (Å²) in [5.74, 6) is -0.974. The van der Waals surface area contributed by atoms with E-state index in [1.807, 2.05) is 4.90 Å². The first kappa shape index (κ1) is 18.8. The fourth-order valence-electron chi connectivity index (χ4n) is 2.66. The number of halogens is 3. The quantitative estimate of drug-likeness (QED) is 0.862. The first-order valence-corrected chi connectivity index (χ1v) is 7.24. The van der Waals surface area contributed by atoms with Gasteiger partial charge in [-0.2, -0.15) is 0 Å². The van der Waals surface area contributed by atoms with E-state index >= 15 is 0 Å². The van der Waals surface area contributed by atoms with Crippen molar-refractivity contribution in [2.45, 2.75) is 19.4 Å². The number of hydrogen-bond donors (Lipinski definition) is 2. The van der Waals surface area contributed by atoms with Crippen LogP contribution in [-0.4, -0.2) is 37.0 Å². The summed E-state index contributed by atoms with van der Waals surface area (Å²) in [4.78, 5) is 13.9. The molecule has 1 fully saturated rings. The number of rotatable bonds is 5. The molecule has 1 atom stereocenters. The first-order chi connectivity index (χ1) is 10.1. The van der Waals surface area contributed by atoms with Gasteiger partial charge in [-0.3, -0.25) is 9.69 Å². The summed E-state index contributed by atoms with van der Waals surface area (Å²) in [6.45, 7) is 2.55. The lowest BCUT2D eigenvalue weighted by molar-refractivity contribution is -0.126. The summed E-state index contributed by atoms with van der Waals surface area (Å²) in [6.07, 6.45) is 1.69. The maximum atomic E-state index is 13.7. The summed E-state index contributed by atoms with van der Waals surface area (Å²) < 4.78 is 26.8. The Kier molecular flexibility index (Phi) is 7.72. The van der Waals surface area contributed by atoms with Crippen molar-refractivity contribution in [3.05, 3.63) is 35.4 Å². The zero-order valence-corrected chi connectivity index (χ0v) is 13.2. The molecule has 124 valence electrons. The third-order valence-electron chi connectivity index (χ3n) is 3.72. The highest BCUT2D eigenvalue weighted by Crippen LogP contribution is 2.20. The fraction of sp³-hybridized carbons (Fsp3) is 0.533. The van der Waals surface area contributed by atoms with Gasteiger partial charge in [0, 0.05) is 31.7 Å². The topological polar surface area (TPSA) is 58.4 Å². The van der Waals surface area contributed by atoms with E-state index in [9.17, 15) is 13.6 Å². The van der Waals surface area contributed by atoms with Crippen LogP contribution >= 0.6 is 12.4 Å². The number of likely N-dealkylation sites (tertiary alicyclic amines) is 1. The average Bonchev–Trinajstić information content (AvgIpc) is 2.49. The maximum absolute atomic E-state index is 13.7. The Morgan fingerprint density at radius 3 is 2.91 bits per heavy atom. The maximum Gasteiger partial charge on any atom is 0.224 e. The van der Waals surface area contributed by atoms with E-state index in [1.165, 1.54) is 6.07 Å². The highest BCUT2D eigenvalue weighted by molar-refractivity contribution is 5.85. The van der Waals surface area contributed by atoms with Crippen LogP contribution in [0, 0.1) is 17.6 Å². The van der Waals surface area contributed by atoms with Crippen LogP contribution in [0.1, 0.15) is 18.4 Å². The van der Waals surface area contributed by atoms with Crippen molar-refractivity contribution in [1.82, 2.24) is 10.2 Å². The molecule has 2 rings (SSSR count). The summed E-state index contributed by atoms with van der Waals surface area (Å²) >= 11 is 0. The Morgan fingerprint density at radius 1 is 1.41 bits per heavy atom. The van der Waals surface area contributed by atoms with Crippen molar-refractivity contribution < 1.29 is 13.6 Å².